The third-order valence-electron chi connectivity index (χ3n) is 21.2. The predicted octanol–water partition coefficient (Wildman–Crippen LogP) is 8.92. The number of anilines is 1. The highest BCUT2D eigenvalue weighted by atomic mass is 19.2. The number of primary amides is 1. The number of nitrogens with zero attached hydrogens (tertiary/aromatic N) is 4. The Morgan fingerprint density at radius 1 is 0.645 bits per heavy atom. The number of benzene rings is 3. The van der Waals surface area contributed by atoms with Crippen LogP contribution < -0.4 is 31.7 Å². The minimum absolute atomic E-state index is 0.00285. The van der Waals surface area contributed by atoms with Gasteiger partial charge < -0.3 is 65.4 Å². The Hall–Kier alpha value is -8.32. The normalized spacial score (nSPS) is 18.0. The molecule has 2 fully saturated rings. The smallest absolute Gasteiger partial charge is 0.314 e. The highest BCUT2D eigenvalue weighted by molar-refractivity contribution is 5.98. The molecule has 2 saturated heterocycles. The number of nitrogens with two attached hydrogens (primary N) is 1. The zero-order valence-electron chi connectivity index (χ0n) is 66.4. The Morgan fingerprint density at radius 3 is 1.83 bits per heavy atom. The number of carbonyl (C=O) groups excluding carboxylic acids is 11. The number of halogens is 5. The van der Waals surface area contributed by atoms with Gasteiger partial charge in [0, 0.05) is 102 Å². The van der Waals surface area contributed by atoms with E-state index in [0.717, 1.165) is 5.56 Å². The van der Waals surface area contributed by atoms with Gasteiger partial charge in [0.1, 0.15) is 19.0 Å². The molecule has 13 atom stereocenters. The Morgan fingerprint density at radius 2 is 1.26 bits per heavy atom. The fraction of sp³-hybridized carbons (Fsp3) is 0.637. The number of urea groups is 1. The number of likely N-dealkylation sites (N-methyl/N-ethyl adjacent to an activating group) is 2. The fourth-order valence-electron chi connectivity index (χ4n) is 14.9. The molecular weight excluding hydrogens is 1440 g/mol. The summed E-state index contributed by atoms with van der Waals surface area (Å²) in [7, 11) is 8.52. The van der Waals surface area contributed by atoms with E-state index in [4.69, 9.17) is 24.7 Å². The monoisotopic (exact) mass is 1550 g/mol. The van der Waals surface area contributed by atoms with E-state index < -0.39 is 155 Å². The summed E-state index contributed by atoms with van der Waals surface area (Å²) in [4.78, 5) is 157. The molecule has 2 heterocycles. The number of hydrogen-bond acceptors (Lipinski definition) is 17. The van der Waals surface area contributed by atoms with Crippen LogP contribution in [0.15, 0.2) is 54.6 Å². The lowest BCUT2D eigenvalue weighted by Crippen LogP contribution is -2.54. The van der Waals surface area contributed by atoms with E-state index in [0.29, 0.717) is 37.1 Å². The van der Waals surface area contributed by atoms with Gasteiger partial charge in [0.15, 0.2) is 11.6 Å². The van der Waals surface area contributed by atoms with Gasteiger partial charge in [-0.15, -0.1) is 0 Å². The molecular formula is C80H116F5N9O16. The second-order valence-corrected chi connectivity index (χ2v) is 30.4. The van der Waals surface area contributed by atoms with Gasteiger partial charge in [0.05, 0.1) is 61.9 Å². The van der Waals surface area contributed by atoms with Gasteiger partial charge >= 0.3 is 12.0 Å². The molecule has 110 heavy (non-hydrogen) atoms. The van der Waals surface area contributed by atoms with Crippen molar-refractivity contribution >= 4 is 70.5 Å². The number of carbonyl (C=O) groups is 11. The van der Waals surface area contributed by atoms with Crippen molar-refractivity contribution in [3.05, 3.63) is 94.8 Å². The van der Waals surface area contributed by atoms with Gasteiger partial charge in [-0.3, -0.25) is 52.8 Å². The summed E-state index contributed by atoms with van der Waals surface area (Å²) in [5.74, 6) is -22.4. The first-order valence-electron chi connectivity index (χ1n) is 38.1. The topological polar surface area (TPSA) is 321 Å². The van der Waals surface area contributed by atoms with E-state index in [-0.39, 0.29) is 144 Å². The van der Waals surface area contributed by atoms with Crippen LogP contribution in [0.3, 0.4) is 0 Å². The largest absolute Gasteiger partial charge is 0.420 e. The SMILES string of the molecule is CC[C@H](C)[C@@H]([C@@H](CC(=O)N1CCC[C@H]1[C@H](OC)[C@@H](C)C(=O)C[C@@H](Cc1ccccc1)C(=O)NCc1ccc(NC(=O)[C@H](CCCNC(N)=O)CC(=O)[C@@H](NC(=O)COCCOCC(=O)N2CCC(C(=O)Oc3c(F)c(F)c(F)c(F)c3F)CC2C)C(C)C)cc1)OC)N(C)C(=O)[C@@H](CC(=O)[C@H](C(C)C)N(C)C)C(C)C. The van der Waals surface area contributed by atoms with Crippen LogP contribution in [0, 0.1) is 82.3 Å². The minimum Gasteiger partial charge on any atom is -0.420 e. The molecule has 0 spiro atoms. The zero-order chi connectivity index (χ0) is 82.0. The summed E-state index contributed by atoms with van der Waals surface area (Å²) < 4.78 is 97.0. The number of nitrogens with one attached hydrogen (secondary N) is 4. The average molecular weight is 1550 g/mol. The number of piperidine rings is 1. The Kier molecular flexibility index (Phi) is 37.5. The first-order valence-corrected chi connectivity index (χ1v) is 38.1. The van der Waals surface area contributed by atoms with E-state index in [1.807, 2.05) is 90.9 Å². The van der Waals surface area contributed by atoms with Crippen LogP contribution in [-0.2, 0) is 79.9 Å². The first kappa shape index (κ1) is 92.3. The van der Waals surface area contributed by atoms with Crippen LogP contribution in [0.25, 0.3) is 0 Å². The van der Waals surface area contributed by atoms with E-state index in [1.165, 1.54) is 19.1 Å². The van der Waals surface area contributed by atoms with Crippen LogP contribution >= 0.6 is 0 Å². The zero-order valence-corrected chi connectivity index (χ0v) is 66.4. The molecule has 3 aromatic rings. The highest BCUT2D eigenvalue weighted by Gasteiger charge is 2.45. The van der Waals surface area contributed by atoms with E-state index in [1.54, 1.807) is 68.8 Å². The molecule has 6 N–H and O–H groups in total. The van der Waals surface area contributed by atoms with Crippen molar-refractivity contribution in [1.29, 1.82) is 0 Å². The summed E-state index contributed by atoms with van der Waals surface area (Å²) in [5, 5.41) is 11.0. The number of esters is 1. The second-order valence-electron chi connectivity index (χ2n) is 30.4. The molecule has 8 amide bonds. The quantitative estimate of drug-likeness (QED) is 0.00880. The third kappa shape index (κ3) is 26.4. The third-order valence-corrected chi connectivity index (χ3v) is 21.2. The second kappa shape index (κ2) is 44.7. The molecule has 5 rings (SSSR count). The van der Waals surface area contributed by atoms with E-state index in [2.05, 4.69) is 26.0 Å². The maximum absolute atomic E-state index is 14.7. The van der Waals surface area contributed by atoms with Crippen LogP contribution in [0.2, 0.25) is 0 Å². The molecule has 2 aliphatic rings. The van der Waals surface area contributed by atoms with Crippen molar-refractivity contribution in [3.8, 4) is 5.75 Å². The number of hydrogen-bond donors (Lipinski definition) is 5. The molecule has 2 unspecified atom stereocenters. The number of ether oxygens (including phenoxy) is 5. The summed E-state index contributed by atoms with van der Waals surface area (Å²) in [6, 6.07) is 12.2. The van der Waals surface area contributed by atoms with Crippen LogP contribution in [0.5, 0.6) is 5.75 Å². The minimum atomic E-state index is -2.41. The summed E-state index contributed by atoms with van der Waals surface area (Å²) in [6.45, 7) is 18.0. The lowest BCUT2D eigenvalue weighted by Gasteiger charge is -2.41. The van der Waals surface area contributed by atoms with Crippen molar-refractivity contribution in [1.82, 2.24) is 35.6 Å². The molecule has 0 saturated carbocycles. The number of Topliss-reactive ketones (excluding diaryl/α,β-unsaturated/α-hetero) is 3. The highest BCUT2D eigenvalue weighted by Crippen LogP contribution is 2.35. The van der Waals surface area contributed by atoms with E-state index >= 15 is 0 Å². The van der Waals surface area contributed by atoms with Crippen LogP contribution in [0.1, 0.15) is 151 Å². The van der Waals surface area contributed by atoms with Crippen LogP contribution in [-0.4, -0.2) is 208 Å². The maximum Gasteiger partial charge on any atom is 0.314 e. The molecule has 0 aliphatic carbocycles. The fourth-order valence-corrected chi connectivity index (χ4v) is 14.9. The van der Waals surface area contributed by atoms with Crippen molar-refractivity contribution in [3.63, 3.8) is 0 Å². The van der Waals surface area contributed by atoms with Crippen molar-refractivity contribution in [2.24, 2.45) is 59.0 Å². The standard InChI is InChI=1S/C80H116F5N9O16/c1-16-48(8)73(92(13)78(103)57(45(2)3)40-61(97)72(47(6)7)91(11)12)62(106-14)41-64(99)94-32-21-25-58(94)74(107-15)50(10)59(95)39-55(37-51-22-18-17-19-23-51)76(101)88-42-52-26-28-56(29-27-52)89-77(102)53(24-20-31-87-80(86)105)38-60(96)71(46(4)5)90-63(98)43-108-34-35-109-44-65(100)93-33-30-54(36-49(93)9)79(104)110-75-69(84)67(82)66(81)68(83)70(75)85/h17-19,22-23,26-29,45-50,53-55,57-58,62,71-74H,16,20-21,24-25,30-44H2,1-15H3,(H,88,101)(H,89,102)(H,90,98)(H3,86,87,105)/t48-,49?,50-,53+,54?,55+,57-,58-,62+,71-,72-,73-,74+/m0/s1. The number of methoxy groups -OCH3 is 2. The molecule has 25 nitrogen and oxygen atoms in total. The number of rotatable bonds is 45. The first-order chi connectivity index (χ1) is 52.0. The average Bonchev–Trinajstić information content (AvgIpc) is 0.925. The van der Waals surface area contributed by atoms with Gasteiger partial charge in [-0.1, -0.05) is 111 Å². The van der Waals surface area contributed by atoms with Crippen molar-refractivity contribution < 1.29 is 98.4 Å². The van der Waals surface area contributed by atoms with Gasteiger partial charge in [-0.2, -0.15) is 8.78 Å². The van der Waals surface area contributed by atoms with Gasteiger partial charge in [0.25, 0.3) is 0 Å². The Balaban J connectivity index is 1.15. The molecule has 0 radical (unpaired) electrons. The molecule has 0 bridgehead atoms. The number of ketones is 3. The summed E-state index contributed by atoms with van der Waals surface area (Å²) in [5.41, 5.74) is 7.14. The number of likely N-dealkylation sites (tertiary alicyclic amines) is 2. The maximum atomic E-state index is 14.7. The molecule has 2 aliphatic heterocycles. The summed E-state index contributed by atoms with van der Waals surface area (Å²) >= 11 is 0. The summed E-state index contributed by atoms with van der Waals surface area (Å²) in [6.07, 6.45) is 0.560. The lowest BCUT2D eigenvalue weighted by molar-refractivity contribution is -0.149. The molecule has 3 aromatic carbocycles. The van der Waals surface area contributed by atoms with Crippen LogP contribution in [0.4, 0.5) is 32.4 Å². The van der Waals surface area contributed by atoms with Gasteiger partial charge in [-0.05, 0) is 113 Å². The lowest BCUT2D eigenvalue weighted by atomic mass is 9.83. The van der Waals surface area contributed by atoms with Gasteiger partial charge in [-0.25, -0.2) is 18.0 Å². The van der Waals surface area contributed by atoms with E-state index in [9.17, 15) is 74.7 Å². The molecule has 612 valence electrons. The van der Waals surface area contributed by atoms with Crippen molar-refractivity contribution in [2.75, 3.05) is 86.7 Å². The van der Waals surface area contributed by atoms with Gasteiger partial charge in [0.2, 0.25) is 70.3 Å². The van der Waals surface area contributed by atoms with Crippen molar-refractivity contribution in [2.45, 2.75) is 195 Å². The molecule has 0 aromatic heterocycles. The Bertz CT molecular complexity index is 3560. The Labute approximate surface area is 643 Å². The predicted molar refractivity (Wildman–Crippen MR) is 401 cm³/mol. The number of amides is 8. The molecule has 30 heteroatoms.